The average molecular weight is 463 g/mol. The van der Waals surface area contributed by atoms with Crippen LogP contribution in [0, 0.1) is 17.0 Å². The van der Waals surface area contributed by atoms with Crippen LogP contribution in [0.1, 0.15) is 12.8 Å². The summed E-state index contributed by atoms with van der Waals surface area (Å²) in [6.45, 7) is 0. The van der Waals surface area contributed by atoms with E-state index in [0.717, 1.165) is 6.07 Å². The van der Waals surface area contributed by atoms with Crippen molar-refractivity contribution >= 4 is 34.2 Å². The summed E-state index contributed by atoms with van der Waals surface area (Å²) in [5, 5.41) is 9.99. The molecule has 0 bridgehead atoms. The number of anilines is 2. The van der Waals surface area contributed by atoms with Gasteiger partial charge in [-0.05, 0) is 55.3 Å². The Labute approximate surface area is 192 Å². The molecule has 1 saturated carbocycles. The van der Waals surface area contributed by atoms with Crippen molar-refractivity contribution in [3.8, 4) is 11.5 Å². The number of carbonyl (C=O) groups is 2. The van der Waals surface area contributed by atoms with Crippen LogP contribution in [-0.4, -0.2) is 26.6 Å². The number of rotatable bonds is 6. The van der Waals surface area contributed by atoms with Crippen molar-refractivity contribution in [2.24, 2.45) is 12.5 Å². The van der Waals surface area contributed by atoms with Gasteiger partial charge in [0.05, 0.1) is 11.6 Å². The van der Waals surface area contributed by atoms with Gasteiger partial charge in [-0.15, -0.1) is 0 Å². The maximum Gasteiger partial charge on any atom is 0.240 e. The number of aryl methyl sites for hydroxylation is 1. The fourth-order valence-electron chi connectivity index (χ4n) is 3.61. The lowest BCUT2D eigenvalue weighted by Crippen LogP contribution is -2.35. The lowest BCUT2D eigenvalue weighted by Gasteiger charge is -2.16. The van der Waals surface area contributed by atoms with Gasteiger partial charge in [0.15, 0.2) is 17.2 Å². The van der Waals surface area contributed by atoms with Crippen LogP contribution in [0.2, 0.25) is 0 Å². The summed E-state index contributed by atoms with van der Waals surface area (Å²) in [5.74, 6) is -1.79. The Morgan fingerprint density at radius 3 is 2.32 bits per heavy atom. The maximum absolute atomic E-state index is 14.8. The van der Waals surface area contributed by atoms with Crippen LogP contribution in [0.15, 0.2) is 60.9 Å². The molecule has 0 unspecified atom stereocenters. The number of hydrogen-bond donors (Lipinski definition) is 2. The van der Waals surface area contributed by atoms with Gasteiger partial charge in [0, 0.05) is 30.7 Å². The first-order valence-corrected chi connectivity index (χ1v) is 10.5. The highest BCUT2D eigenvalue weighted by Crippen LogP contribution is 2.47. The fourth-order valence-corrected chi connectivity index (χ4v) is 3.61. The van der Waals surface area contributed by atoms with E-state index in [1.807, 2.05) is 0 Å². The van der Waals surface area contributed by atoms with Gasteiger partial charge >= 0.3 is 0 Å². The number of nitrogens with one attached hydrogen (secondary N) is 2. The number of ether oxygens (including phenoxy) is 1. The molecule has 2 N–H and O–H groups in total. The molecule has 0 aliphatic heterocycles. The molecule has 0 spiro atoms. The molecule has 0 saturated heterocycles. The number of pyridine rings is 1. The highest BCUT2D eigenvalue weighted by atomic mass is 19.1. The smallest absolute Gasteiger partial charge is 0.240 e. The monoisotopic (exact) mass is 463 g/mol. The fraction of sp³-hybridized carbons (Fsp3) is 0.167. The second kappa shape index (κ2) is 8.22. The summed E-state index contributed by atoms with van der Waals surface area (Å²) < 4.78 is 35.1. The Kier molecular flexibility index (Phi) is 5.20. The van der Waals surface area contributed by atoms with Gasteiger partial charge in [-0.3, -0.25) is 14.3 Å². The summed E-state index contributed by atoms with van der Waals surface area (Å²) in [6.07, 6.45) is 3.84. The number of aromatic nitrogens is 3. The molecule has 2 heterocycles. The molecule has 2 amide bonds. The van der Waals surface area contributed by atoms with Gasteiger partial charge < -0.3 is 15.4 Å². The topological polar surface area (TPSA) is 98.1 Å². The van der Waals surface area contributed by atoms with Crippen LogP contribution in [0.4, 0.5) is 20.2 Å². The SMILES string of the molecule is Cn1ncc2c(Oc3ccc(NC(=O)C4(C(=O)Nc5ccc(F)cc5)CC4)cc3F)ccnc21. The third-order valence-electron chi connectivity index (χ3n) is 5.73. The Hall–Kier alpha value is -4.34. The van der Waals surface area contributed by atoms with E-state index in [1.165, 1.54) is 42.6 Å². The van der Waals surface area contributed by atoms with Crippen LogP contribution in [0.5, 0.6) is 11.5 Å². The zero-order valence-electron chi connectivity index (χ0n) is 18.0. The predicted molar refractivity (Wildman–Crippen MR) is 120 cm³/mol. The van der Waals surface area contributed by atoms with E-state index in [2.05, 4.69) is 20.7 Å². The summed E-state index contributed by atoms with van der Waals surface area (Å²) in [6, 6.07) is 10.9. The van der Waals surface area contributed by atoms with Gasteiger partial charge in [0.2, 0.25) is 11.8 Å². The molecule has 1 fully saturated rings. The van der Waals surface area contributed by atoms with E-state index in [1.54, 1.807) is 24.0 Å². The van der Waals surface area contributed by atoms with Crippen molar-refractivity contribution in [3.05, 3.63) is 72.6 Å². The van der Waals surface area contributed by atoms with Gasteiger partial charge in [0.1, 0.15) is 17.0 Å². The molecule has 0 atom stereocenters. The van der Waals surface area contributed by atoms with E-state index < -0.39 is 28.9 Å². The van der Waals surface area contributed by atoms with Crippen LogP contribution < -0.4 is 15.4 Å². The number of benzene rings is 2. The van der Waals surface area contributed by atoms with Gasteiger partial charge in [-0.2, -0.15) is 5.10 Å². The van der Waals surface area contributed by atoms with E-state index in [0.29, 0.717) is 35.3 Å². The molecule has 2 aromatic heterocycles. The van der Waals surface area contributed by atoms with E-state index in [9.17, 15) is 18.4 Å². The summed E-state index contributed by atoms with van der Waals surface area (Å²) in [5.41, 5.74) is -0.0764. The van der Waals surface area contributed by atoms with E-state index in [4.69, 9.17) is 4.74 Å². The third kappa shape index (κ3) is 3.94. The number of nitrogens with zero attached hydrogens (tertiary/aromatic N) is 3. The van der Waals surface area contributed by atoms with Gasteiger partial charge in [-0.25, -0.2) is 13.8 Å². The molecule has 10 heteroatoms. The molecule has 8 nitrogen and oxygen atoms in total. The number of hydrogen-bond acceptors (Lipinski definition) is 5. The van der Waals surface area contributed by atoms with Crippen LogP contribution >= 0.6 is 0 Å². The van der Waals surface area contributed by atoms with E-state index in [-0.39, 0.29) is 11.4 Å². The predicted octanol–water partition coefficient (Wildman–Crippen LogP) is 4.40. The minimum absolute atomic E-state index is 0.0375. The van der Waals surface area contributed by atoms with Crippen molar-refractivity contribution < 1.29 is 23.1 Å². The zero-order chi connectivity index (χ0) is 23.9. The molecular formula is C24H19F2N5O3. The summed E-state index contributed by atoms with van der Waals surface area (Å²) >= 11 is 0. The standard InChI is InChI=1S/C24H19F2N5O3/c1-31-21-17(13-28-31)19(8-11-27-21)34-20-7-6-16(12-18(20)26)30-23(33)24(9-10-24)22(32)29-15-4-2-14(25)3-5-15/h2-8,11-13H,9-10H2,1H3,(H,29,32)(H,30,33). The highest BCUT2D eigenvalue weighted by molar-refractivity contribution is 6.16. The third-order valence-corrected chi connectivity index (χ3v) is 5.73. The largest absolute Gasteiger partial charge is 0.453 e. The quantitative estimate of drug-likeness (QED) is 0.413. The summed E-state index contributed by atoms with van der Waals surface area (Å²) in [7, 11) is 1.74. The van der Waals surface area contributed by atoms with Crippen LogP contribution in [0.3, 0.4) is 0 Å². The first-order chi connectivity index (χ1) is 16.4. The van der Waals surface area contributed by atoms with Gasteiger partial charge in [-0.1, -0.05) is 0 Å². The normalized spacial score (nSPS) is 14.0. The minimum atomic E-state index is -1.25. The molecule has 5 rings (SSSR count). The Balaban J connectivity index is 1.28. The molecule has 34 heavy (non-hydrogen) atoms. The Morgan fingerprint density at radius 2 is 1.65 bits per heavy atom. The zero-order valence-corrected chi connectivity index (χ0v) is 18.0. The average Bonchev–Trinajstić information content (AvgIpc) is 3.55. The maximum atomic E-state index is 14.8. The first kappa shape index (κ1) is 21.5. The van der Waals surface area contributed by atoms with Crippen molar-refractivity contribution in [2.75, 3.05) is 10.6 Å². The lowest BCUT2D eigenvalue weighted by molar-refractivity contribution is -0.131. The number of fused-ring (bicyclic) bond motifs is 1. The second-order valence-corrected chi connectivity index (χ2v) is 8.06. The van der Waals surface area contributed by atoms with Crippen molar-refractivity contribution in [1.29, 1.82) is 0 Å². The number of carbonyl (C=O) groups excluding carboxylic acids is 2. The van der Waals surface area contributed by atoms with Crippen LogP contribution in [0.25, 0.3) is 11.0 Å². The van der Waals surface area contributed by atoms with Gasteiger partial charge in [0.25, 0.3) is 0 Å². The summed E-state index contributed by atoms with van der Waals surface area (Å²) in [4.78, 5) is 29.7. The van der Waals surface area contributed by atoms with Crippen LogP contribution in [-0.2, 0) is 16.6 Å². The number of amides is 2. The Morgan fingerprint density at radius 1 is 0.971 bits per heavy atom. The molecule has 4 aromatic rings. The van der Waals surface area contributed by atoms with Crippen molar-refractivity contribution in [3.63, 3.8) is 0 Å². The minimum Gasteiger partial charge on any atom is -0.453 e. The van der Waals surface area contributed by atoms with Crippen molar-refractivity contribution in [2.45, 2.75) is 12.8 Å². The molecule has 1 aliphatic rings. The molecular weight excluding hydrogens is 444 g/mol. The highest BCUT2D eigenvalue weighted by Gasteiger charge is 2.56. The molecule has 2 aromatic carbocycles. The lowest BCUT2D eigenvalue weighted by atomic mass is 10.0. The molecule has 0 radical (unpaired) electrons. The molecule has 1 aliphatic carbocycles. The van der Waals surface area contributed by atoms with E-state index >= 15 is 0 Å². The Bertz CT molecular complexity index is 1410. The molecule has 172 valence electrons. The second-order valence-electron chi connectivity index (χ2n) is 8.06. The van der Waals surface area contributed by atoms with Crippen molar-refractivity contribution in [1.82, 2.24) is 14.8 Å². The number of halogens is 2. The first-order valence-electron chi connectivity index (χ1n) is 10.5.